The van der Waals surface area contributed by atoms with Crippen LogP contribution in [0.15, 0.2) is 28.9 Å². The van der Waals surface area contributed by atoms with Crippen LogP contribution in [0.2, 0.25) is 18.1 Å². The summed E-state index contributed by atoms with van der Waals surface area (Å²) in [6.07, 6.45) is 3.50. The van der Waals surface area contributed by atoms with Crippen LogP contribution in [0.4, 0.5) is 0 Å². The van der Waals surface area contributed by atoms with Crippen LogP contribution < -0.4 is 5.32 Å². The molecule has 1 aliphatic carbocycles. The standard InChI is InChI=1S/C26H39BrN4SSi/c1-9-30(10-2)25(32)28-17-14-19-18-12-11-13-21-23(18)20(15-22(19)29(6)16-17)24(27)31(21)33(7,8)26(3,4)5/h11-14,17,22H,9-10,15-16H2,1-8H3,(H,28,32)/t17-,22+/m0/s1. The third kappa shape index (κ3) is 4.03. The summed E-state index contributed by atoms with van der Waals surface area (Å²) in [6, 6.07) is 7.52. The number of fused-ring (bicyclic) bond motifs is 2. The number of aromatic nitrogens is 1. The van der Waals surface area contributed by atoms with Gasteiger partial charge in [0, 0.05) is 36.6 Å². The van der Waals surface area contributed by atoms with E-state index in [1.165, 1.54) is 32.2 Å². The number of nitrogens with zero attached hydrogens (tertiary/aromatic N) is 3. The number of hydrogen-bond acceptors (Lipinski definition) is 2. The lowest BCUT2D eigenvalue weighted by atomic mass is 9.81. The summed E-state index contributed by atoms with van der Waals surface area (Å²) in [5, 5.41) is 6.18. The van der Waals surface area contributed by atoms with Gasteiger partial charge in [0.1, 0.15) is 0 Å². The molecule has 2 heterocycles. The zero-order valence-electron chi connectivity index (χ0n) is 21.4. The Kier molecular flexibility index (Phi) is 6.66. The van der Waals surface area contributed by atoms with Gasteiger partial charge < -0.3 is 14.4 Å². The Bertz CT molecular complexity index is 1110. The second-order valence-corrected chi connectivity index (χ2v) is 17.3. The summed E-state index contributed by atoms with van der Waals surface area (Å²) in [5.74, 6) is 0. The molecule has 7 heteroatoms. The van der Waals surface area contributed by atoms with Gasteiger partial charge in [0.05, 0.1) is 10.6 Å². The van der Waals surface area contributed by atoms with Gasteiger partial charge in [0.15, 0.2) is 13.3 Å². The smallest absolute Gasteiger partial charge is 0.169 e. The molecule has 4 rings (SSSR count). The van der Waals surface area contributed by atoms with Gasteiger partial charge in [0.2, 0.25) is 0 Å². The van der Waals surface area contributed by atoms with Gasteiger partial charge >= 0.3 is 0 Å². The molecule has 33 heavy (non-hydrogen) atoms. The number of halogens is 1. The molecule has 0 unspecified atom stereocenters. The molecule has 180 valence electrons. The van der Waals surface area contributed by atoms with Crippen LogP contribution in [0.25, 0.3) is 16.5 Å². The van der Waals surface area contributed by atoms with Crippen molar-refractivity contribution >= 4 is 58.0 Å². The zero-order valence-corrected chi connectivity index (χ0v) is 24.8. The number of nitrogens with one attached hydrogen (secondary N) is 1. The van der Waals surface area contributed by atoms with E-state index in [2.05, 4.69) is 114 Å². The van der Waals surface area contributed by atoms with E-state index in [1.54, 1.807) is 0 Å². The zero-order chi connectivity index (χ0) is 24.3. The largest absolute Gasteiger partial charge is 0.362 e. The Hall–Kier alpha value is -1.15. The molecule has 0 fully saturated rings. The number of rotatable bonds is 4. The van der Waals surface area contributed by atoms with E-state index in [0.29, 0.717) is 6.04 Å². The molecule has 2 aliphatic rings. The molecule has 1 aliphatic heterocycles. The molecule has 1 aromatic carbocycles. The summed E-state index contributed by atoms with van der Waals surface area (Å²) in [5.41, 5.74) is 5.70. The van der Waals surface area contributed by atoms with Gasteiger partial charge in [-0.2, -0.15) is 0 Å². The molecule has 4 nitrogen and oxygen atoms in total. The molecule has 0 saturated heterocycles. The highest BCUT2D eigenvalue weighted by Crippen LogP contribution is 2.48. The summed E-state index contributed by atoms with van der Waals surface area (Å²) < 4.78 is 3.97. The van der Waals surface area contributed by atoms with E-state index in [0.717, 1.165) is 31.2 Å². The Morgan fingerprint density at radius 3 is 2.52 bits per heavy atom. The van der Waals surface area contributed by atoms with E-state index in [-0.39, 0.29) is 11.1 Å². The Morgan fingerprint density at radius 1 is 1.24 bits per heavy atom. The molecule has 0 spiro atoms. The minimum absolute atomic E-state index is 0.220. The maximum absolute atomic E-state index is 5.73. The summed E-state index contributed by atoms with van der Waals surface area (Å²) in [7, 11) is 0.460. The molecule has 0 bridgehead atoms. The third-order valence-electron chi connectivity index (χ3n) is 8.25. The lowest BCUT2D eigenvalue weighted by Crippen LogP contribution is -2.52. The van der Waals surface area contributed by atoms with Crippen molar-refractivity contribution < 1.29 is 0 Å². The van der Waals surface area contributed by atoms with Gasteiger partial charge in [-0.3, -0.25) is 4.90 Å². The van der Waals surface area contributed by atoms with E-state index >= 15 is 0 Å². The van der Waals surface area contributed by atoms with E-state index in [9.17, 15) is 0 Å². The van der Waals surface area contributed by atoms with Crippen molar-refractivity contribution in [2.45, 2.75) is 71.3 Å². The predicted octanol–water partition coefficient (Wildman–Crippen LogP) is 6.10. The summed E-state index contributed by atoms with van der Waals surface area (Å²) >= 11 is 9.81. The average molecular weight is 548 g/mol. The molecular formula is C26H39BrN4SSi. The van der Waals surface area contributed by atoms with E-state index in [1.807, 2.05) is 0 Å². The molecule has 2 aromatic rings. The maximum Gasteiger partial charge on any atom is 0.169 e. The third-order valence-corrected chi connectivity index (χ3v) is 15.0. The van der Waals surface area contributed by atoms with Gasteiger partial charge in [-0.05, 0) is 83.3 Å². The van der Waals surface area contributed by atoms with Crippen LogP contribution in [0, 0.1) is 0 Å². The van der Waals surface area contributed by atoms with Gasteiger partial charge in [0.25, 0.3) is 0 Å². The molecular weight excluding hydrogens is 508 g/mol. The highest BCUT2D eigenvalue weighted by atomic mass is 79.9. The topological polar surface area (TPSA) is 23.4 Å². The quantitative estimate of drug-likeness (QED) is 0.370. The first-order chi connectivity index (χ1) is 15.4. The number of hydrogen-bond donors (Lipinski definition) is 1. The molecule has 1 aromatic heterocycles. The summed E-state index contributed by atoms with van der Waals surface area (Å²) in [6.45, 7) is 19.3. The van der Waals surface area contributed by atoms with Crippen LogP contribution in [0.1, 0.15) is 45.7 Å². The highest BCUT2D eigenvalue weighted by molar-refractivity contribution is 9.10. The van der Waals surface area contributed by atoms with Crippen molar-refractivity contribution in [3.63, 3.8) is 0 Å². The normalized spacial score (nSPS) is 21.1. The van der Waals surface area contributed by atoms with Gasteiger partial charge in [-0.15, -0.1) is 0 Å². The molecule has 2 atom stereocenters. The van der Waals surface area contributed by atoms with Crippen molar-refractivity contribution in [2.75, 3.05) is 26.7 Å². The maximum atomic E-state index is 5.73. The number of likely N-dealkylation sites (N-methyl/N-ethyl adjacent to an activating group) is 1. The molecule has 0 amide bonds. The van der Waals surface area contributed by atoms with Crippen molar-refractivity contribution in [1.82, 2.24) is 19.3 Å². The molecule has 0 saturated carbocycles. The first kappa shape index (κ1) is 25.0. The Labute approximate surface area is 214 Å². The fraction of sp³-hybridized carbons (Fsp3) is 0.577. The van der Waals surface area contributed by atoms with Gasteiger partial charge in [-0.1, -0.05) is 52.1 Å². The lowest BCUT2D eigenvalue weighted by molar-refractivity contribution is 0.260. The van der Waals surface area contributed by atoms with Crippen LogP contribution in [0.3, 0.4) is 0 Å². The first-order valence-electron chi connectivity index (χ1n) is 12.2. The van der Waals surface area contributed by atoms with Crippen molar-refractivity contribution in [1.29, 1.82) is 0 Å². The average Bonchev–Trinajstić information content (AvgIpc) is 3.02. The predicted molar refractivity (Wildman–Crippen MR) is 153 cm³/mol. The van der Waals surface area contributed by atoms with Crippen molar-refractivity contribution in [2.24, 2.45) is 0 Å². The van der Waals surface area contributed by atoms with E-state index in [4.69, 9.17) is 12.2 Å². The first-order valence-corrected chi connectivity index (χ1v) is 16.4. The monoisotopic (exact) mass is 546 g/mol. The van der Waals surface area contributed by atoms with Gasteiger partial charge in [-0.25, -0.2) is 0 Å². The second-order valence-electron chi connectivity index (χ2n) is 11.1. The van der Waals surface area contributed by atoms with E-state index < -0.39 is 8.24 Å². The van der Waals surface area contributed by atoms with Crippen LogP contribution >= 0.6 is 28.1 Å². The van der Waals surface area contributed by atoms with Crippen LogP contribution in [-0.2, 0) is 6.42 Å². The van der Waals surface area contributed by atoms with Crippen molar-refractivity contribution in [3.05, 3.63) is 40.0 Å². The number of thiocarbonyl (C=S) groups is 1. The number of benzene rings is 1. The SMILES string of the molecule is CCN(CC)C(=S)N[C@H]1C=C2c3cccc4c3c(c(Br)n4[Si](C)(C)C(C)(C)C)C[C@H]2N(C)C1. The fourth-order valence-corrected chi connectivity index (χ4v) is 9.70. The van der Waals surface area contributed by atoms with Crippen molar-refractivity contribution in [3.8, 4) is 0 Å². The van der Waals surface area contributed by atoms with Crippen LogP contribution in [0.5, 0.6) is 0 Å². The summed E-state index contributed by atoms with van der Waals surface area (Å²) in [4.78, 5) is 4.73. The Morgan fingerprint density at radius 2 is 1.91 bits per heavy atom. The highest BCUT2D eigenvalue weighted by Gasteiger charge is 2.43. The minimum Gasteiger partial charge on any atom is -0.362 e. The fourth-order valence-electron chi connectivity index (χ4n) is 5.33. The van der Waals surface area contributed by atoms with Crippen LogP contribution in [-0.4, -0.2) is 66.1 Å². The Balaban J connectivity index is 1.83. The minimum atomic E-state index is -1.80. The molecule has 1 N–H and O–H groups in total. The second kappa shape index (κ2) is 8.81. The lowest BCUT2D eigenvalue weighted by Gasteiger charge is -2.41. The molecule has 0 radical (unpaired) electrons.